The summed E-state index contributed by atoms with van der Waals surface area (Å²) in [6.07, 6.45) is 4.24. The van der Waals surface area contributed by atoms with Crippen LogP contribution in [0.15, 0.2) is 23.8 Å². The first-order valence-electron chi connectivity index (χ1n) is 3.53. The van der Waals surface area contributed by atoms with Crippen molar-refractivity contribution in [1.29, 1.82) is 0 Å². The van der Waals surface area contributed by atoms with Gasteiger partial charge in [-0.2, -0.15) is 0 Å². The van der Waals surface area contributed by atoms with Gasteiger partial charge < -0.3 is 4.29 Å². The van der Waals surface area contributed by atoms with E-state index in [4.69, 9.17) is 11.9 Å². The molecule has 0 aromatic carbocycles. The van der Waals surface area contributed by atoms with E-state index in [1.165, 1.54) is 12.2 Å². The maximum Gasteiger partial charge on any atom is 0.359 e. The zero-order valence-electron chi connectivity index (χ0n) is 7.00. The third-order valence-electron chi connectivity index (χ3n) is 1.20. The molecule has 0 aliphatic rings. The molecule has 0 bridgehead atoms. The summed E-state index contributed by atoms with van der Waals surface area (Å²) in [6.45, 7) is 0. The van der Waals surface area contributed by atoms with Gasteiger partial charge in [-0.3, -0.25) is 4.79 Å². The van der Waals surface area contributed by atoms with Crippen molar-refractivity contribution in [2.45, 2.75) is 0 Å². The lowest BCUT2D eigenvalue weighted by Crippen LogP contribution is -2.11. The minimum absolute atomic E-state index is 0.0888. The summed E-state index contributed by atoms with van der Waals surface area (Å²) in [5.41, 5.74) is -0.0888. The van der Waals surface area contributed by atoms with Crippen LogP contribution in [-0.2, 0) is 13.9 Å². The number of rotatable bonds is 5. The van der Waals surface area contributed by atoms with E-state index in [0.717, 1.165) is 0 Å². The summed E-state index contributed by atoms with van der Waals surface area (Å²) < 4.78 is 3.94. The molecule has 0 atom stereocenters. The Bertz CT molecular complexity index is 274. The minimum Gasteiger partial charge on any atom is -0.343 e. The molecule has 0 aliphatic carbocycles. The number of carbonyl (C=O) groups is 2. The van der Waals surface area contributed by atoms with E-state index in [-0.39, 0.29) is 5.57 Å². The van der Waals surface area contributed by atoms with E-state index in [9.17, 15) is 9.59 Å². The third kappa shape index (κ3) is 4.93. The normalized spacial score (nSPS) is 11.8. The highest BCUT2D eigenvalue weighted by atomic mass is 79.9. The maximum absolute atomic E-state index is 11.3. The highest BCUT2D eigenvalue weighted by molar-refractivity contribution is 9.09. The van der Waals surface area contributed by atoms with Crippen LogP contribution < -0.4 is 0 Å². The molecule has 0 aliphatic heterocycles. The number of halogens is 3. The van der Waals surface area contributed by atoms with Crippen molar-refractivity contribution < 1.29 is 13.9 Å². The van der Waals surface area contributed by atoms with Gasteiger partial charge in [0, 0.05) is 10.7 Å². The second kappa shape index (κ2) is 8.20. The van der Waals surface area contributed by atoms with Gasteiger partial charge in [0.1, 0.15) is 17.4 Å². The van der Waals surface area contributed by atoms with Crippen LogP contribution in [0.25, 0.3) is 0 Å². The summed E-state index contributed by atoms with van der Waals surface area (Å²) in [7, 11) is 0. The molecule has 0 radical (unpaired) electrons. The molecule has 0 spiro atoms. The lowest BCUT2D eigenvalue weighted by Gasteiger charge is -1.97. The van der Waals surface area contributed by atoms with E-state index in [1.54, 1.807) is 6.08 Å². The van der Waals surface area contributed by atoms with Crippen molar-refractivity contribution in [3.05, 3.63) is 23.8 Å². The molecule has 0 rings (SSSR count). The molecular weight excluding hydrogens is 339 g/mol. The Labute approximate surface area is 104 Å². The number of carbonyl (C=O) groups excluding carboxylic acids is 2. The van der Waals surface area contributed by atoms with Crippen molar-refractivity contribution in [3.8, 4) is 0 Å². The van der Waals surface area contributed by atoms with Gasteiger partial charge in [-0.05, 0) is 6.08 Å². The Morgan fingerprint density at radius 2 is 1.93 bits per heavy atom. The number of allylic oxidation sites excluding steroid dienone is 3. The monoisotopic (exact) mass is 344 g/mol. The standard InChI is InChI=1S/C8H7Br2ClO3/c9-4-1-2-7(12)6(3-5-10)8(13)14-11/h1-3H,4-5H2/b2-1+,6-3+. The van der Waals surface area contributed by atoms with Crippen LogP contribution >= 0.6 is 43.7 Å². The van der Waals surface area contributed by atoms with Crippen molar-refractivity contribution in [3.63, 3.8) is 0 Å². The SMILES string of the molecule is O=C(/C=C/CBr)/C(=C\CBr)C(=O)OCl. The molecule has 0 heterocycles. The predicted molar refractivity (Wildman–Crippen MR) is 61.8 cm³/mol. The number of ketones is 1. The van der Waals surface area contributed by atoms with Crippen LogP contribution in [0.4, 0.5) is 0 Å². The Morgan fingerprint density at radius 1 is 1.29 bits per heavy atom. The van der Waals surface area contributed by atoms with Gasteiger partial charge in [0.25, 0.3) is 0 Å². The summed E-state index contributed by atoms with van der Waals surface area (Å²) in [5.74, 6) is -1.29. The first kappa shape index (κ1) is 13.9. The van der Waals surface area contributed by atoms with E-state index >= 15 is 0 Å². The fourth-order valence-corrected chi connectivity index (χ4v) is 1.24. The quantitative estimate of drug-likeness (QED) is 0.333. The van der Waals surface area contributed by atoms with Gasteiger partial charge >= 0.3 is 5.97 Å². The highest BCUT2D eigenvalue weighted by Gasteiger charge is 2.16. The molecule has 0 N–H and O–H groups in total. The van der Waals surface area contributed by atoms with Crippen LogP contribution in [0.2, 0.25) is 0 Å². The molecule has 0 unspecified atom stereocenters. The molecule has 78 valence electrons. The molecule has 0 aromatic heterocycles. The zero-order valence-corrected chi connectivity index (χ0v) is 10.9. The van der Waals surface area contributed by atoms with E-state index in [2.05, 4.69) is 36.1 Å². The van der Waals surface area contributed by atoms with Crippen molar-refractivity contribution in [2.75, 3.05) is 10.7 Å². The van der Waals surface area contributed by atoms with Crippen molar-refractivity contribution in [1.82, 2.24) is 0 Å². The van der Waals surface area contributed by atoms with Crippen LogP contribution in [0.3, 0.4) is 0 Å². The maximum atomic E-state index is 11.3. The first-order chi connectivity index (χ1) is 6.67. The van der Waals surface area contributed by atoms with Gasteiger partial charge in [-0.15, -0.1) is 0 Å². The number of hydrogen-bond acceptors (Lipinski definition) is 3. The molecular formula is C8H7Br2ClO3. The largest absolute Gasteiger partial charge is 0.359 e. The topological polar surface area (TPSA) is 43.4 Å². The summed E-state index contributed by atoms with van der Waals surface area (Å²) in [5, 5.41) is 0.915. The summed E-state index contributed by atoms with van der Waals surface area (Å²) in [4.78, 5) is 22.3. The summed E-state index contributed by atoms with van der Waals surface area (Å²) >= 11 is 11.1. The van der Waals surface area contributed by atoms with Crippen LogP contribution in [-0.4, -0.2) is 22.4 Å². The Balaban J connectivity index is 4.67. The fraction of sp³-hybridized carbons (Fsp3) is 0.250. The predicted octanol–water partition coefficient (Wildman–Crippen LogP) is 2.52. The molecule has 0 saturated carbocycles. The second-order valence-electron chi connectivity index (χ2n) is 2.06. The lowest BCUT2D eigenvalue weighted by molar-refractivity contribution is -0.131. The summed E-state index contributed by atoms with van der Waals surface area (Å²) in [6, 6.07) is 0. The van der Waals surface area contributed by atoms with E-state index in [1.807, 2.05) is 0 Å². The second-order valence-corrected chi connectivity index (χ2v) is 3.51. The van der Waals surface area contributed by atoms with Crippen LogP contribution in [0.5, 0.6) is 0 Å². The highest BCUT2D eigenvalue weighted by Crippen LogP contribution is 2.04. The van der Waals surface area contributed by atoms with Gasteiger partial charge in [0.2, 0.25) is 0 Å². The average Bonchev–Trinajstić information content (AvgIpc) is 2.21. The van der Waals surface area contributed by atoms with E-state index in [0.29, 0.717) is 10.7 Å². The van der Waals surface area contributed by atoms with Gasteiger partial charge in [-0.25, -0.2) is 4.79 Å². The van der Waals surface area contributed by atoms with Gasteiger partial charge in [0.05, 0.1) is 0 Å². The first-order valence-corrected chi connectivity index (χ1v) is 6.08. The van der Waals surface area contributed by atoms with Gasteiger partial charge in [-0.1, -0.05) is 44.0 Å². The molecule has 0 saturated heterocycles. The molecule has 0 fully saturated rings. The van der Waals surface area contributed by atoms with Gasteiger partial charge in [0.15, 0.2) is 5.78 Å². The number of hydrogen-bond donors (Lipinski definition) is 0. The van der Waals surface area contributed by atoms with Crippen LogP contribution in [0, 0.1) is 0 Å². The Kier molecular flexibility index (Phi) is 8.12. The average molecular weight is 346 g/mol. The zero-order chi connectivity index (χ0) is 11.0. The Morgan fingerprint density at radius 3 is 2.36 bits per heavy atom. The molecule has 0 amide bonds. The minimum atomic E-state index is -0.852. The van der Waals surface area contributed by atoms with E-state index < -0.39 is 11.8 Å². The van der Waals surface area contributed by atoms with Crippen molar-refractivity contribution in [2.24, 2.45) is 0 Å². The molecule has 6 heteroatoms. The molecule has 0 aromatic rings. The molecule has 14 heavy (non-hydrogen) atoms. The molecule has 3 nitrogen and oxygen atoms in total. The lowest BCUT2D eigenvalue weighted by atomic mass is 10.1. The smallest absolute Gasteiger partial charge is 0.343 e. The third-order valence-corrected chi connectivity index (χ3v) is 2.03. The van der Waals surface area contributed by atoms with Crippen molar-refractivity contribution >= 4 is 55.5 Å². The number of alkyl halides is 2. The fourth-order valence-electron chi connectivity index (χ4n) is 0.645. The Hall–Kier alpha value is -0.130. The van der Waals surface area contributed by atoms with Crippen LogP contribution in [0.1, 0.15) is 0 Å².